The SMILES string of the molecule is COc1ccccc1C(N)CN(C)C(C)C(C)(C)C. The molecule has 0 aliphatic carbocycles. The minimum absolute atomic E-state index is 0.0362. The van der Waals surface area contributed by atoms with E-state index in [1.165, 1.54) is 0 Å². The molecule has 3 nitrogen and oxygen atoms in total. The number of ether oxygens (including phenoxy) is 1. The number of hydrogen-bond acceptors (Lipinski definition) is 3. The van der Waals surface area contributed by atoms with Crippen molar-refractivity contribution in [2.45, 2.75) is 39.8 Å². The first-order valence-corrected chi connectivity index (χ1v) is 6.86. The van der Waals surface area contributed by atoms with Gasteiger partial charge in [-0.25, -0.2) is 0 Å². The van der Waals surface area contributed by atoms with Gasteiger partial charge in [-0.05, 0) is 25.5 Å². The monoisotopic (exact) mass is 264 g/mol. The summed E-state index contributed by atoms with van der Waals surface area (Å²) >= 11 is 0. The molecular weight excluding hydrogens is 236 g/mol. The van der Waals surface area contributed by atoms with E-state index < -0.39 is 0 Å². The maximum Gasteiger partial charge on any atom is 0.123 e. The summed E-state index contributed by atoms with van der Waals surface area (Å²) in [6.45, 7) is 9.82. The quantitative estimate of drug-likeness (QED) is 0.888. The smallest absolute Gasteiger partial charge is 0.123 e. The zero-order chi connectivity index (χ0) is 14.6. The molecule has 0 radical (unpaired) electrons. The van der Waals surface area contributed by atoms with Crippen molar-refractivity contribution in [1.82, 2.24) is 4.90 Å². The predicted molar refractivity (Wildman–Crippen MR) is 81.5 cm³/mol. The van der Waals surface area contributed by atoms with Crippen LogP contribution in [0.1, 0.15) is 39.3 Å². The third kappa shape index (κ3) is 4.22. The Morgan fingerprint density at radius 1 is 1.26 bits per heavy atom. The Labute approximate surface area is 117 Å². The van der Waals surface area contributed by atoms with Crippen molar-refractivity contribution >= 4 is 0 Å². The Morgan fingerprint density at radius 2 is 1.84 bits per heavy atom. The topological polar surface area (TPSA) is 38.5 Å². The highest BCUT2D eigenvalue weighted by Gasteiger charge is 2.25. The van der Waals surface area contributed by atoms with Crippen LogP contribution < -0.4 is 10.5 Å². The molecule has 0 amide bonds. The molecule has 108 valence electrons. The highest BCUT2D eigenvalue weighted by molar-refractivity contribution is 5.35. The van der Waals surface area contributed by atoms with Gasteiger partial charge in [-0.3, -0.25) is 0 Å². The Kier molecular flexibility index (Phi) is 5.39. The molecule has 0 aliphatic rings. The first-order chi connectivity index (χ1) is 8.77. The van der Waals surface area contributed by atoms with E-state index in [9.17, 15) is 0 Å². The van der Waals surface area contributed by atoms with Gasteiger partial charge >= 0.3 is 0 Å². The molecule has 0 saturated carbocycles. The van der Waals surface area contributed by atoms with Gasteiger partial charge in [0, 0.05) is 24.2 Å². The number of rotatable bonds is 5. The number of hydrogen-bond donors (Lipinski definition) is 1. The number of nitrogens with two attached hydrogens (primary N) is 1. The third-order valence-electron chi connectivity index (χ3n) is 3.94. The lowest BCUT2D eigenvalue weighted by Gasteiger charge is -2.36. The average Bonchev–Trinajstić information content (AvgIpc) is 2.36. The second-order valence-electron chi connectivity index (χ2n) is 6.33. The predicted octanol–water partition coefficient (Wildman–Crippen LogP) is 3.06. The van der Waals surface area contributed by atoms with Gasteiger partial charge in [0.2, 0.25) is 0 Å². The Hall–Kier alpha value is -1.06. The van der Waals surface area contributed by atoms with Crippen LogP contribution in [0, 0.1) is 5.41 Å². The minimum atomic E-state index is -0.0362. The molecule has 2 atom stereocenters. The molecule has 1 aromatic rings. The second-order valence-corrected chi connectivity index (χ2v) is 6.33. The highest BCUT2D eigenvalue weighted by Crippen LogP contribution is 2.27. The van der Waals surface area contributed by atoms with Gasteiger partial charge in [0.25, 0.3) is 0 Å². The van der Waals surface area contributed by atoms with E-state index in [-0.39, 0.29) is 11.5 Å². The number of likely N-dealkylation sites (N-methyl/N-ethyl adjacent to an activating group) is 1. The van der Waals surface area contributed by atoms with Crippen LogP contribution in [0.3, 0.4) is 0 Å². The molecular formula is C16H28N2O. The molecule has 0 aliphatic heterocycles. The molecule has 0 saturated heterocycles. The summed E-state index contributed by atoms with van der Waals surface area (Å²) < 4.78 is 5.38. The first-order valence-electron chi connectivity index (χ1n) is 6.86. The summed E-state index contributed by atoms with van der Waals surface area (Å²) in [4.78, 5) is 2.32. The molecule has 3 heteroatoms. The van der Waals surface area contributed by atoms with Crippen molar-refractivity contribution in [2.24, 2.45) is 11.1 Å². The molecule has 2 unspecified atom stereocenters. The fourth-order valence-electron chi connectivity index (χ4n) is 2.20. The number of para-hydroxylation sites is 1. The Balaban J connectivity index is 2.77. The van der Waals surface area contributed by atoms with Crippen LogP contribution in [0.15, 0.2) is 24.3 Å². The second kappa shape index (κ2) is 6.40. The van der Waals surface area contributed by atoms with E-state index in [2.05, 4.69) is 39.6 Å². The molecule has 0 aromatic heterocycles. The van der Waals surface area contributed by atoms with Crippen molar-refractivity contribution in [3.63, 3.8) is 0 Å². The lowest BCUT2D eigenvalue weighted by atomic mass is 9.87. The standard InChI is InChI=1S/C16H28N2O/c1-12(16(2,3)4)18(5)11-14(17)13-9-7-8-10-15(13)19-6/h7-10,12,14H,11,17H2,1-6H3. The number of nitrogens with zero attached hydrogens (tertiary/aromatic N) is 1. The van der Waals surface area contributed by atoms with Gasteiger partial charge in [-0.15, -0.1) is 0 Å². The number of methoxy groups -OCH3 is 1. The number of benzene rings is 1. The molecule has 1 rings (SSSR count). The molecule has 2 N–H and O–H groups in total. The van der Waals surface area contributed by atoms with Crippen molar-refractivity contribution in [3.05, 3.63) is 29.8 Å². The van der Waals surface area contributed by atoms with Crippen LogP contribution in [0.4, 0.5) is 0 Å². The van der Waals surface area contributed by atoms with E-state index in [0.29, 0.717) is 6.04 Å². The van der Waals surface area contributed by atoms with Crippen LogP contribution in [-0.2, 0) is 0 Å². The largest absolute Gasteiger partial charge is 0.496 e. The molecule has 0 fully saturated rings. The van der Waals surface area contributed by atoms with Crippen LogP contribution in [0.5, 0.6) is 5.75 Å². The van der Waals surface area contributed by atoms with Gasteiger partial charge in [-0.1, -0.05) is 39.0 Å². The summed E-state index contributed by atoms with van der Waals surface area (Å²) in [5, 5.41) is 0. The van der Waals surface area contributed by atoms with Gasteiger partial charge < -0.3 is 15.4 Å². The highest BCUT2D eigenvalue weighted by atomic mass is 16.5. The molecule has 19 heavy (non-hydrogen) atoms. The van der Waals surface area contributed by atoms with Crippen molar-refractivity contribution in [3.8, 4) is 5.75 Å². The zero-order valence-corrected chi connectivity index (χ0v) is 13.1. The van der Waals surface area contributed by atoms with Gasteiger partial charge in [0.15, 0.2) is 0 Å². The van der Waals surface area contributed by atoms with E-state index in [0.717, 1.165) is 17.9 Å². The van der Waals surface area contributed by atoms with Crippen LogP contribution in [-0.4, -0.2) is 31.6 Å². The van der Waals surface area contributed by atoms with Crippen molar-refractivity contribution in [1.29, 1.82) is 0 Å². The van der Waals surface area contributed by atoms with Gasteiger partial charge in [0.1, 0.15) is 5.75 Å². The maximum atomic E-state index is 6.33. The van der Waals surface area contributed by atoms with E-state index >= 15 is 0 Å². The lowest BCUT2D eigenvalue weighted by Crippen LogP contribution is -2.42. The summed E-state index contributed by atoms with van der Waals surface area (Å²) in [6, 6.07) is 8.40. The lowest BCUT2D eigenvalue weighted by molar-refractivity contribution is 0.134. The Morgan fingerprint density at radius 3 is 2.37 bits per heavy atom. The minimum Gasteiger partial charge on any atom is -0.496 e. The van der Waals surface area contributed by atoms with E-state index in [1.807, 2.05) is 24.3 Å². The zero-order valence-electron chi connectivity index (χ0n) is 13.1. The summed E-state index contributed by atoms with van der Waals surface area (Å²) in [6.07, 6.45) is 0. The van der Waals surface area contributed by atoms with Crippen LogP contribution in [0.25, 0.3) is 0 Å². The fraction of sp³-hybridized carbons (Fsp3) is 0.625. The van der Waals surface area contributed by atoms with Crippen LogP contribution >= 0.6 is 0 Å². The summed E-state index contributed by atoms with van der Waals surface area (Å²) in [7, 11) is 3.82. The molecule has 1 aromatic carbocycles. The van der Waals surface area contributed by atoms with Crippen molar-refractivity contribution < 1.29 is 4.74 Å². The van der Waals surface area contributed by atoms with E-state index in [1.54, 1.807) is 7.11 Å². The maximum absolute atomic E-state index is 6.33. The molecule has 0 heterocycles. The molecule has 0 bridgehead atoms. The van der Waals surface area contributed by atoms with Gasteiger partial charge in [-0.2, -0.15) is 0 Å². The molecule has 0 spiro atoms. The van der Waals surface area contributed by atoms with Crippen molar-refractivity contribution in [2.75, 3.05) is 20.7 Å². The summed E-state index contributed by atoms with van der Waals surface area (Å²) in [5.74, 6) is 0.867. The first kappa shape index (κ1) is 16.0. The Bertz CT molecular complexity index is 398. The van der Waals surface area contributed by atoms with E-state index in [4.69, 9.17) is 10.5 Å². The third-order valence-corrected chi connectivity index (χ3v) is 3.94. The normalized spacial score (nSPS) is 15.4. The fourth-order valence-corrected chi connectivity index (χ4v) is 2.20. The van der Waals surface area contributed by atoms with Gasteiger partial charge in [0.05, 0.1) is 7.11 Å². The average molecular weight is 264 g/mol. The van der Waals surface area contributed by atoms with Crippen LogP contribution in [0.2, 0.25) is 0 Å². The summed E-state index contributed by atoms with van der Waals surface area (Å²) in [5.41, 5.74) is 7.64.